The number of ether oxygens (including phenoxy) is 1. The van der Waals surface area contributed by atoms with Crippen LogP contribution in [0.15, 0.2) is 41.5 Å². The Morgan fingerprint density at radius 3 is 2.77 bits per heavy atom. The average molecular weight is 410 g/mol. The Morgan fingerprint density at radius 1 is 1.23 bits per heavy atom. The molecule has 2 aliphatic heterocycles. The van der Waals surface area contributed by atoms with Gasteiger partial charge in [0.05, 0.1) is 5.92 Å². The second-order valence-electron chi connectivity index (χ2n) is 10.1. The Hall–Kier alpha value is -1.94. The first-order valence-electron chi connectivity index (χ1n) is 11.5. The molecule has 2 fully saturated rings. The van der Waals surface area contributed by atoms with Crippen molar-refractivity contribution in [2.45, 2.75) is 58.5 Å². The smallest absolute Gasteiger partial charge is 0.310 e. The molecule has 30 heavy (non-hydrogen) atoms. The highest BCUT2D eigenvalue weighted by Crippen LogP contribution is 2.55. The van der Waals surface area contributed by atoms with Gasteiger partial charge in [0.2, 0.25) is 0 Å². The molecule has 2 heterocycles. The summed E-state index contributed by atoms with van der Waals surface area (Å²) in [6.07, 6.45) is 9.01. The Morgan fingerprint density at radius 2 is 2.03 bits per heavy atom. The van der Waals surface area contributed by atoms with Gasteiger partial charge in [-0.1, -0.05) is 36.3 Å². The average Bonchev–Trinajstić information content (AvgIpc) is 3.01. The van der Waals surface area contributed by atoms with Crippen LogP contribution in [0, 0.1) is 23.1 Å². The van der Waals surface area contributed by atoms with Crippen molar-refractivity contribution in [3.05, 3.63) is 52.9 Å². The van der Waals surface area contributed by atoms with Crippen LogP contribution in [0.3, 0.4) is 0 Å². The molecule has 160 valence electrons. The van der Waals surface area contributed by atoms with E-state index < -0.39 is 0 Å². The largest absolute Gasteiger partial charge is 0.462 e. The molecule has 0 aromatic heterocycles. The summed E-state index contributed by atoms with van der Waals surface area (Å²) in [7, 11) is 0. The third-order valence-corrected chi connectivity index (χ3v) is 8.14. The lowest BCUT2D eigenvalue weighted by molar-refractivity contribution is -0.145. The third kappa shape index (κ3) is 3.53. The Labute approximate surface area is 179 Å². The molecule has 1 saturated carbocycles. The number of halogens is 1. The summed E-state index contributed by atoms with van der Waals surface area (Å²) in [6.45, 7) is 7.24. The Kier molecular flexibility index (Phi) is 5.09. The lowest BCUT2D eigenvalue weighted by Crippen LogP contribution is -2.42. The molecule has 4 atom stereocenters. The van der Waals surface area contributed by atoms with Gasteiger partial charge in [0.15, 0.2) is 0 Å². The van der Waals surface area contributed by atoms with E-state index in [4.69, 9.17) is 4.74 Å². The fourth-order valence-corrected chi connectivity index (χ4v) is 6.40. The van der Waals surface area contributed by atoms with Crippen LogP contribution in [0.25, 0.3) is 5.57 Å². The van der Waals surface area contributed by atoms with Gasteiger partial charge in [-0.05, 0) is 74.1 Å². The standard InChI is InChI=1S/C26H32FNO2/c1-17-4-3-11-26(2)15-24-21(14-23(17)26)22(25(29)30-24)16-28-12-9-19(10-13-28)18-5-7-20(27)8-6-18/h5-9,21-22,24H,3-4,10-16H2,1-2H3/t21-,22-,24+,26+/m0/s1. The van der Waals surface area contributed by atoms with Gasteiger partial charge < -0.3 is 4.74 Å². The molecule has 3 nitrogen and oxygen atoms in total. The summed E-state index contributed by atoms with van der Waals surface area (Å²) in [5.74, 6) is 0.135. The molecule has 1 aromatic rings. The van der Waals surface area contributed by atoms with E-state index in [0.29, 0.717) is 5.92 Å². The molecule has 0 amide bonds. The van der Waals surface area contributed by atoms with Crippen molar-refractivity contribution in [3.8, 4) is 0 Å². The van der Waals surface area contributed by atoms with E-state index in [2.05, 4.69) is 24.8 Å². The van der Waals surface area contributed by atoms with Gasteiger partial charge >= 0.3 is 5.97 Å². The molecule has 0 spiro atoms. The SMILES string of the molecule is CC1=C2C[C@H]3[C@H](CN4CC=C(c5ccc(F)cc5)CC4)C(=O)O[C@@H]3C[C@@]2(C)CCC1. The van der Waals surface area contributed by atoms with Crippen LogP contribution in [0.5, 0.6) is 0 Å². The number of hydrogen-bond acceptors (Lipinski definition) is 3. The maximum absolute atomic E-state index is 13.2. The molecular formula is C26H32FNO2. The zero-order valence-electron chi connectivity index (χ0n) is 18.1. The minimum Gasteiger partial charge on any atom is -0.462 e. The van der Waals surface area contributed by atoms with Gasteiger partial charge in [-0.25, -0.2) is 4.39 Å². The van der Waals surface area contributed by atoms with Crippen molar-refractivity contribution in [2.75, 3.05) is 19.6 Å². The lowest BCUT2D eigenvalue weighted by Gasteiger charge is -2.46. The summed E-state index contributed by atoms with van der Waals surface area (Å²) >= 11 is 0. The van der Waals surface area contributed by atoms with E-state index in [0.717, 1.165) is 44.5 Å². The summed E-state index contributed by atoms with van der Waals surface area (Å²) < 4.78 is 19.1. The van der Waals surface area contributed by atoms with Crippen molar-refractivity contribution < 1.29 is 13.9 Å². The molecule has 2 aliphatic carbocycles. The highest BCUT2D eigenvalue weighted by atomic mass is 19.1. The Balaban J connectivity index is 1.28. The van der Waals surface area contributed by atoms with Crippen molar-refractivity contribution in [3.63, 3.8) is 0 Å². The normalized spacial score (nSPS) is 34.3. The number of hydrogen-bond donors (Lipinski definition) is 0. The van der Waals surface area contributed by atoms with Crippen LogP contribution in [0.2, 0.25) is 0 Å². The second kappa shape index (κ2) is 7.64. The first kappa shape index (κ1) is 20.0. The third-order valence-electron chi connectivity index (χ3n) is 8.14. The van der Waals surface area contributed by atoms with E-state index >= 15 is 0 Å². The summed E-state index contributed by atoms with van der Waals surface area (Å²) in [6, 6.07) is 6.76. The van der Waals surface area contributed by atoms with Gasteiger partial charge in [-0.2, -0.15) is 0 Å². The van der Waals surface area contributed by atoms with E-state index in [9.17, 15) is 9.18 Å². The van der Waals surface area contributed by atoms with Crippen LogP contribution < -0.4 is 0 Å². The van der Waals surface area contributed by atoms with Crippen LogP contribution in [0.4, 0.5) is 4.39 Å². The summed E-state index contributed by atoms with van der Waals surface area (Å²) in [4.78, 5) is 15.2. The van der Waals surface area contributed by atoms with Crippen molar-refractivity contribution in [1.29, 1.82) is 0 Å². The number of rotatable bonds is 3. The van der Waals surface area contributed by atoms with Gasteiger partial charge in [0.25, 0.3) is 0 Å². The lowest BCUT2D eigenvalue weighted by atomic mass is 9.59. The topological polar surface area (TPSA) is 29.5 Å². The predicted molar refractivity (Wildman–Crippen MR) is 116 cm³/mol. The van der Waals surface area contributed by atoms with Gasteiger partial charge in [0.1, 0.15) is 11.9 Å². The number of carbonyl (C=O) groups excluding carboxylic acids is 1. The van der Waals surface area contributed by atoms with Crippen LogP contribution in [-0.2, 0) is 9.53 Å². The molecule has 5 rings (SSSR count). The number of esters is 1. The molecule has 0 unspecified atom stereocenters. The molecule has 1 aromatic carbocycles. The van der Waals surface area contributed by atoms with Crippen molar-refractivity contribution in [1.82, 2.24) is 4.90 Å². The van der Waals surface area contributed by atoms with Crippen molar-refractivity contribution in [2.24, 2.45) is 17.3 Å². The van der Waals surface area contributed by atoms with Crippen LogP contribution in [0.1, 0.15) is 57.9 Å². The molecule has 1 saturated heterocycles. The number of carbonyl (C=O) groups is 1. The monoisotopic (exact) mass is 409 g/mol. The number of nitrogens with zero attached hydrogens (tertiary/aromatic N) is 1. The predicted octanol–water partition coefficient (Wildman–Crippen LogP) is 5.37. The quantitative estimate of drug-likeness (QED) is 0.496. The van der Waals surface area contributed by atoms with Gasteiger partial charge in [-0.3, -0.25) is 9.69 Å². The molecule has 0 N–H and O–H groups in total. The van der Waals surface area contributed by atoms with E-state index in [1.54, 1.807) is 11.1 Å². The first-order chi connectivity index (χ1) is 14.4. The fourth-order valence-electron chi connectivity index (χ4n) is 6.40. The van der Waals surface area contributed by atoms with E-state index in [-0.39, 0.29) is 29.2 Å². The Bertz CT molecular complexity index is 902. The maximum atomic E-state index is 13.2. The minimum atomic E-state index is -0.196. The maximum Gasteiger partial charge on any atom is 0.310 e. The number of fused-ring (bicyclic) bond motifs is 2. The summed E-state index contributed by atoms with van der Waals surface area (Å²) in [5, 5.41) is 0. The first-order valence-corrected chi connectivity index (χ1v) is 11.5. The minimum absolute atomic E-state index is 0.0115. The highest BCUT2D eigenvalue weighted by molar-refractivity contribution is 5.76. The molecule has 4 aliphatic rings. The molecule has 0 radical (unpaired) electrons. The molecular weight excluding hydrogens is 377 g/mol. The highest BCUT2D eigenvalue weighted by Gasteiger charge is 2.53. The van der Waals surface area contributed by atoms with Gasteiger partial charge in [-0.15, -0.1) is 0 Å². The van der Waals surface area contributed by atoms with E-state index in [1.807, 2.05) is 12.1 Å². The zero-order valence-corrected chi connectivity index (χ0v) is 18.1. The number of allylic oxidation sites excluding steroid dienone is 2. The van der Waals surface area contributed by atoms with Crippen LogP contribution in [-0.4, -0.2) is 36.6 Å². The molecule has 4 heteroatoms. The van der Waals surface area contributed by atoms with Crippen molar-refractivity contribution >= 4 is 11.5 Å². The van der Waals surface area contributed by atoms with Crippen LogP contribution >= 0.6 is 0 Å². The fraction of sp³-hybridized carbons (Fsp3) is 0.577. The second-order valence-corrected chi connectivity index (χ2v) is 10.1. The van der Waals surface area contributed by atoms with E-state index in [1.165, 1.54) is 37.0 Å². The molecule has 0 bridgehead atoms. The summed E-state index contributed by atoms with van der Waals surface area (Å²) in [5.41, 5.74) is 5.79. The van der Waals surface area contributed by atoms with Gasteiger partial charge in [0, 0.05) is 25.6 Å². The number of benzene rings is 1. The zero-order chi connectivity index (χ0) is 20.9.